The van der Waals surface area contributed by atoms with Gasteiger partial charge in [0.15, 0.2) is 0 Å². The molecule has 3 N–H and O–H groups in total. The highest BCUT2D eigenvalue weighted by Crippen LogP contribution is 2.16. The van der Waals surface area contributed by atoms with E-state index in [9.17, 15) is 13.2 Å². The Morgan fingerprint density at radius 3 is 2.48 bits per heavy atom. The summed E-state index contributed by atoms with van der Waals surface area (Å²) >= 11 is 0. The number of primary amides is 1. The molecule has 6 nitrogen and oxygen atoms in total. The average Bonchev–Trinajstić information content (AvgIpc) is 2.65. The van der Waals surface area contributed by atoms with Gasteiger partial charge in [-0.25, -0.2) is 8.42 Å². The van der Waals surface area contributed by atoms with Crippen molar-refractivity contribution in [3.63, 3.8) is 0 Å². The van der Waals surface area contributed by atoms with Crippen LogP contribution in [-0.4, -0.2) is 27.5 Å². The number of rotatable bonds is 8. The van der Waals surface area contributed by atoms with Crippen molar-refractivity contribution in [3.05, 3.63) is 59.7 Å². The number of hydrogen-bond donors (Lipinski definition) is 2. The zero-order chi connectivity index (χ0) is 19.7. The van der Waals surface area contributed by atoms with Crippen LogP contribution in [0.25, 0.3) is 0 Å². The number of ether oxygens (including phenoxy) is 1. The highest BCUT2D eigenvalue weighted by molar-refractivity contribution is 7.89. The molecule has 0 fully saturated rings. The zero-order valence-corrected chi connectivity index (χ0v) is 15.9. The fraction of sp³-hybridized carbons (Fsp3) is 0.250. The minimum Gasteiger partial charge on any atom is -0.480 e. The number of benzene rings is 2. The number of hydrogen-bond acceptors (Lipinski definition) is 4. The summed E-state index contributed by atoms with van der Waals surface area (Å²) in [4.78, 5) is 11.5. The summed E-state index contributed by atoms with van der Waals surface area (Å²) in [6, 6.07) is 13.4. The molecular formula is C20H22N2O4S. The van der Waals surface area contributed by atoms with Crippen molar-refractivity contribution in [1.29, 1.82) is 0 Å². The fourth-order valence-electron chi connectivity index (χ4n) is 2.36. The summed E-state index contributed by atoms with van der Waals surface area (Å²) in [5.41, 5.74) is 6.64. The summed E-state index contributed by atoms with van der Waals surface area (Å²) in [6.45, 7) is 2.04. The van der Waals surface area contributed by atoms with Gasteiger partial charge >= 0.3 is 0 Å². The fourth-order valence-corrected chi connectivity index (χ4v) is 3.29. The molecule has 2 aromatic carbocycles. The van der Waals surface area contributed by atoms with Crippen molar-refractivity contribution >= 4 is 15.9 Å². The molecule has 0 saturated carbocycles. The van der Waals surface area contributed by atoms with E-state index in [2.05, 4.69) is 23.5 Å². The summed E-state index contributed by atoms with van der Waals surface area (Å²) in [6.07, 6.45) is 1.92. The van der Waals surface area contributed by atoms with Crippen LogP contribution in [0.15, 0.2) is 53.4 Å². The third-order valence-electron chi connectivity index (χ3n) is 3.70. The molecule has 142 valence electrons. The van der Waals surface area contributed by atoms with E-state index in [1.165, 1.54) is 0 Å². The lowest BCUT2D eigenvalue weighted by Crippen LogP contribution is -2.24. The molecule has 2 rings (SSSR count). The van der Waals surface area contributed by atoms with E-state index in [-0.39, 0.29) is 23.6 Å². The lowest BCUT2D eigenvalue weighted by Gasteiger charge is -2.06. The van der Waals surface area contributed by atoms with Gasteiger partial charge in [0, 0.05) is 0 Å². The number of sulfonamides is 1. The Hall–Kier alpha value is -2.82. The average molecular weight is 386 g/mol. The number of para-hydroxylation sites is 1. The number of carbonyl (C=O) groups is 1. The molecule has 1 amide bonds. The molecule has 0 spiro atoms. The van der Waals surface area contributed by atoms with Crippen LogP contribution < -0.4 is 15.2 Å². The van der Waals surface area contributed by atoms with Crippen LogP contribution in [0, 0.1) is 11.8 Å². The molecule has 0 unspecified atom stereocenters. The van der Waals surface area contributed by atoms with Crippen molar-refractivity contribution in [2.45, 2.75) is 24.7 Å². The molecule has 0 atom stereocenters. The van der Waals surface area contributed by atoms with Gasteiger partial charge in [0.05, 0.1) is 17.0 Å². The van der Waals surface area contributed by atoms with Crippen molar-refractivity contribution in [1.82, 2.24) is 4.72 Å². The van der Waals surface area contributed by atoms with Crippen LogP contribution in [-0.2, 0) is 16.4 Å². The largest absolute Gasteiger partial charge is 0.480 e. The monoisotopic (exact) mass is 386 g/mol. The molecule has 7 heteroatoms. The number of aryl methyl sites for hydroxylation is 1. The van der Waals surface area contributed by atoms with E-state index in [4.69, 9.17) is 10.5 Å². The van der Waals surface area contributed by atoms with Crippen LogP contribution in [0.4, 0.5) is 0 Å². The molecule has 0 aliphatic rings. The Bertz CT molecular complexity index is 942. The van der Waals surface area contributed by atoms with Gasteiger partial charge in [-0.15, -0.1) is 0 Å². The molecule has 0 aromatic heterocycles. The molecule has 0 saturated heterocycles. The van der Waals surface area contributed by atoms with Gasteiger partial charge in [-0.05, 0) is 36.2 Å². The molecule has 0 heterocycles. The predicted molar refractivity (Wildman–Crippen MR) is 104 cm³/mol. The normalized spacial score (nSPS) is 10.7. The highest BCUT2D eigenvalue weighted by atomic mass is 32.2. The van der Waals surface area contributed by atoms with Gasteiger partial charge in [-0.2, -0.15) is 4.72 Å². The number of nitrogens with two attached hydrogens (primary N) is 1. The van der Waals surface area contributed by atoms with Crippen molar-refractivity contribution in [2.75, 3.05) is 13.2 Å². The molecule has 0 radical (unpaired) electrons. The van der Waals surface area contributed by atoms with Crippen molar-refractivity contribution in [3.8, 4) is 17.6 Å². The van der Waals surface area contributed by atoms with E-state index in [1.807, 2.05) is 12.1 Å². The highest BCUT2D eigenvalue weighted by Gasteiger charge is 2.12. The lowest BCUT2D eigenvalue weighted by atomic mass is 10.1. The smallest absolute Gasteiger partial charge is 0.252 e. The first-order valence-electron chi connectivity index (χ1n) is 8.50. The maximum absolute atomic E-state index is 12.2. The Morgan fingerprint density at radius 1 is 1.11 bits per heavy atom. The Morgan fingerprint density at radius 2 is 1.81 bits per heavy atom. The van der Waals surface area contributed by atoms with Crippen LogP contribution in [0.5, 0.6) is 5.75 Å². The summed E-state index contributed by atoms with van der Waals surface area (Å²) < 4.78 is 32.3. The van der Waals surface area contributed by atoms with Gasteiger partial charge in [0.1, 0.15) is 12.4 Å². The van der Waals surface area contributed by atoms with Crippen LogP contribution in [0.2, 0.25) is 0 Å². The van der Waals surface area contributed by atoms with Crippen molar-refractivity contribution in [2.24, 2.45) is 5.73 Å². The minimum absolute atomic E-state index is 0.0116. The molecular weight excluding hydrogens is 364 g/mol. The Kier molecular flexibility index (Phi) is 7.41. The maximum Gasteiger partial charge on any atom is 0.252 e. The molecule has 2 aromatic rings. The molecule has 0 aliphatic heterocycles. The second kappa shape index (κ2) is 9.76. The third kappa shape index (κ3) is 6.13. The van der Waals surface area contributed by atoms with E-state index < -0.39 is 15.9 Å². The molecule has 0 aliphatic carbocycles. The quantitative estimate of drug-likeness (QED) is 0.679. The van der Waals surface area contributed by atoms with Gasteiger partial charge in [-0.3, -0.25) is 4.79 Å². The summed E-state index contributed by atoms with van der Waals surface area (Å²) in [5.74, 6) is 5.13. The summed E-state index contributed by atoms with van der Waals surface area (Å²) in [7, 11) is -3.60. The van der Waals surface area contributed by atoms with Crippen LogP contribution >= 0.6 is 0 Å². The van der Waals surface area contributed by atoms with Gasteiger partial charge < -0.3 is 10.5 Å². The summed E-state index contributed by atoms with van der Waals surface area (Å²) in [5, 5.41) is 0. The number of amides is 1. The van der Waals surface area contributed by atoms with E-state index in [0.717, 1.165) is 18.4 Å². The third-order valence-corrected chi connectivity index (χ3v) is 5.12. The topological polar surface area (TPSA) is 98.5 Å². The first kappa shape index (κ1) is 20.5. The minimum atomic E-state index is -3.60. The van der Waals surface area contributed by atoms with E-state index in [0.29, 0.717) is 5.75 Å². The lowest BCUT2D eigenvalue weighted by molar-refractivity contribution is 0.0997. The Balaban J connectivity index is 1.87. The van der Waals surface area contributed by atoms with Gasteiger partial charge in [0.25, 0.3) is 5.91 Å². The maximum atomic E-state index is 12.2. The van der Waals surface area contributed by atoms with E-state index >= 15 is 0 Å². The van der Waals surface area contributed by atoms with Gasteiger partial charge in [0.2, 0.25) is 10.0 Å². The van der Waals surface area contributed by atoms with Crippen LogP contribution in [0.1, 0.15) is 29.3 Å². The predicted octanol–water partition coefficient (Wildman–Crippen LogP) is 2.10. The second-order valence-corrected chi connectivity index (χ2v) is 7.49. The zero-order valence-electron chi connectivity index (χ0n) is 15.1. The first-order valence-corrected chi connectivity index (χ1v) is 9.98. The van der Waals surface area contributed by atoms with Gasteiger partial charge in [-0.1, -0.05) is 49.5 Å². The molecule has 0 bridgehead atoms. The van der Waals surface area contributed by atoms with Crippen molar-refractivity contribution < 1.29 is 17.9 Å². The second-order valence-electron chi connectivity index (χ2n) is 5.72. The first-order chi connectivity index (χ1) is 12.9. The number of carbonyl (C=O) groups excluding carboxylic acids is 1. The number of nitrogens with one attached hydrogen (secondary N) is 1. The van der Waals surface area contributed by atoms with Crippen LogP contribution in [0.3, 0.4) is 0 Å². The SMILES string of the molecule is CCCc1ccc(S(=O)(=O)NCC#CCOc2ccccc2C(N)=O)cc1. The standard InChI is InChI=1S/C20H22N2O4S/c1-2-7-16-10-12-17(13-11-16)27(24,25)22-14-5-6-15-26-19-9-4-3-8-18(19)20(21)23/h3-4,8-13,22H,2,7,14-15H2,1H3,(H2,21,23). The van der Waals surface area contributed by atoms with E-state index in [1.54, 1.807) is 36.4 Å². The molecule has 27 heavy (non-hydrogen) atoms. The Labute approximate surface area is 159 Å².